The van der Waals surface area contributed by atoms with Gasteiger partial charge in [-0.1, -0.05) is 5.16 Å². The molecule has 0 atom stereocenters. The normalized spacial score (nSPS) is 14.3. The van der Waals surface area contributed by atoms with E-state index in [-0.39, 0.29) is 12.1 Å². The monoisotopic (exact) mass is 275 g/mol. The van der Waals surface area contributed by atoms with Crippen molar-refractivity contribution in [2.75, 3.05) is 5.32 Å². The number of nitrogens with one attached hydrogen (secondary N) is 1. The van der Waals surface area contributed by atoms with Gasteiger partial charge in [0.15, 0.2) is 5.82 Å². The third kappa shape index (κ3) is 2.84. The summed E-state index contributed by atoms with van der Waals surface area (Å²) in [4.78, 5) is 14.1. The fourth-order valence-corrected chi connectivity index (χ4v) is 2.10. The molecule has 1 N–H and O–H groups in total. The van der Waals surface area contributed by atoms with Gasteiger partial charge in [-0.05, 0) is 38.8 Å². The first-order valence-electron chi connectivity index (χ1n) is 6.68. The second-order valence-corrected chi connectivity index (χ2v) is 5.12. The molecule has 0 aliphatic heterocycles. The lowest BCUT2D eigenvalue weighted by atomic mass is 10.4. The van der Waals surface area contributed by atoms with Crippen LogP contribution in [0, 0.1) is 13.8 Å². The quantitative estimate of drug-likeness (QED) is 0.930. The Labute approximate surface area is 116 Å². The molecule has 1 aliphatic carbocycles. The summed E-state index contributed by atoms with van der Waals surface area (Å²) in [7, 11) is 0. The molecular weight excluding hydrogens is 258 g/mol. The minimum Gasteiger partial charge on any atom is -0.464 e. The van der Waals surface area contributed by atoms with Crippen LogP contribution in [0.5, 0.6) is 0 Å². The van der Waals surface area contributed by atoms with Gasteiger partial charge in [-0.2, -0.15) is 0 Å². The van der Waals surface area contributed by atoms with Crippen molar-refractivity contribution in [3.63, 3.8) is 0 Å². The van der Waals surface area contributed by atoms with Crippen LogP contribution in [-0.2, 0) is 6.54 Å². The Kier molecular flexibility index (Phi) is 3.22. The van der Waals surface area contributed by atoms with E-state index < -0.39 is 0 Å². The van der Waals surface area contributed by atoms with Gasteiger partial charge in [-0.15, -0.1) is 0 Å². The molecule has 20 heavy (non-hydrogen) atoms. The molecule has 3 rings (SSSR count). The highest BCUT2D eigenvalue weighted by molar-refractivity contribution is 5.88. The first kappa shape index (κ1) is 12.8. The first-order chi connectivity index (χ1) is 9.61. The molecular formula is C14H17N3O3. The van der Waals surface area contributed by atoms with Crippen molar-refractivity contribution in [1.29, 1.82) is 0 Å². The molecule has 0 bridgehead atoms. The standard InChI is InChI=1S/C14H17N3O3/c1-9-3-6-12(19-9)8-17(11-4-5-11)14(18)15-13-7-10(2)20-16-13/h3,6-7,11H,4-5,8H2,1-2H3,(H,15,16,18). The van der Waals surface area contributed by atoms with Crippen LogP contribution in [0.2, 0.25) is 0 Å². The SMILES string of the molecule is Cc1cc(NC(=O)N(Cc2ccc(C)o2)C2CC2)no1. The summed E-state index contributed by atoms with van der Waals surface area (Å²) in [5, 5.41) is 6.52. The number of hydrogen-bond acceptors (Lipinski definition) is 4. The van der Waals surface area contributed by atoms with Gasteiger partial charge in [-0.3, -0.25) is 5.32 Å². The van der Waals surface area contributed by atoms with Crippen LogP contribution in [0.15, 0.2) is 27.1 Å². The molecule has 2 amide bonds. The van der Waals surface area contributed by atoms with Gasteiger partial charge in [0.2, 0.25) is 0 Å². The molecule has 2 aromatic heterocycles. The minimum absolute atomic E-state index is 0.171. The lowest BCUT2D eigenvalue weighted by Crippen LogP contribution is -2.36. The molecule has 0 spiro atoms. The second-order valence-electron chi connectivity index (χ2n) is 5.12. The van der Waals surface area contributed by atoms with Crippen molar-refractivity contribution in [2.45, 2.75) is 39.3 Å². The zero-order chi connectivity index (χ0) is 14.1. The largest absolute Gasteiger partial charge is 0.464 e. The van der Waals surface area contributed by atoms with Gasteiger partial charge < -0.3 is 13.8 Å². The molecule has 6 nitrogen and oxygen atoms in total. The maximum absolute atomic E-state index is 12.3. The Balaban J connectivity index is 1.68. The van der Waals surface area contributed by atoms with E-state index in [1.807, 2.05) is 19.1 Å². The Morgan fingerprint density at radius 2 is 2.20 bits per heavy atom. The first-order valence-corrected chi connectivity index (χ1v) is 6.68. The summed E-state index contributed by atoms with van der Waals surface area (Å²) in [5.41, 5.74) is 0. The van der Waals surface area contributed by atoms with Crippen LogP contribution in [0.4, 0.5) is 10.6 Å². The van der Waals surface area contributed by atoms with Crippen LogP contribution in [-0.4, -0.2) is 22.1 Å². The number of urea groups is 1. The van der Waals surface area contributed by atoms with E-state index in [0.29, 0.717) is 18.1 Å². The third-order valence-corrected chi connectivity index (χ3v) is 3.23. The summed E-state index contributed by atoms with van der Waals surface area (Å²) in [6, 6.07) is 5.61. The Bertz CT molecular complexity index is 613. The molecule has 2 heterocycles. The van der Waals surface area contributed by atoms with E-state index in [9.17, 15) is 4.79 Å². The molecule has 1 fully saturated rings. The number of furan rings is 1. The van der Waals surface area contributed by atoms with Gasteiger partial charge in [0.1, 0.15) is 17.3 Å². The van der Waals surface area contributed by atoms with E-state index in [0.717, 1.165) is 24.4 Å². The van der Waals surface area contributed by atoms with Gasteiger partial charge in [0, 0.05) is 12.1 Å². The number of aryl methyl sites for hydroxylation is 2. The van der Waals surface area contributed by atoms with Crippen molar-refractivity contribution in [1.82, 2.24) is 10.1 Å². The maximum Gasteiger partial charge on any atom is 0.323 e. The molecule has 6 heteroatoms. The topological polar surface area (TPSA) is 71.5 Å². The van der Waals surface area contributed by atoms with Crippen LogP contribution < -0.4 is 5.32 Å². The minimum atomic E-state index is -0.171. The smallest absolute Gasteiger partial charge is 0.323 e. The summed E-state index contributed by atoms with van der Waals surface area (Å²) < 4.78 is 10.5. The number of carbonyl (C=O) groups is 1. The van der Waals surface area contributed by atoms with Crippen LogP contribution in [0.1, 0.15) is 30.1 Å². The van der Waals surface area contributed by atoms with Gasteiger partial charge in [0.05, 0.1) is 6.54 Å². The summed E-state index contributed by atoms with van der Waals surface area (Å²) in [6.07, 6.45) is 2.07. The number of carbonyl (C=O) groups excluding carboxylic acids is 1. The maximum atomic E-state index is 12.3. The van der Waals surface area contributed by atoms with E-state index in [4.69, 9.17) is 8.94 Å². The number of hydrogen-bond donors (Lipinski definition) is 1. The fraction of sp³-hybridized carbons (Fsp3) is 0.429. The highest BCUT2D eigenvalue weighted by Crippen LogP contribution is 2.29. The van der Waals surface area contributed by atoms with E-state index in [2.05, 4.69) is 10.5 Å². The number of rotatable bonds is 4. The lowest BCUT2D eigenvalue weighted by Gasteiger charge is -2.20. The van der Waals surface area contributed by atoms with Crippen LogP contribution in [0.25, 0.3) is 0 Å². The third-order valence-electron chi connectivity index (χ3n) is 3.23. The molecule has 2 aromatic rings. The van der Waals surface area contributed by atoms with Crippen LogP contribution in [0.3, 0.4) is 0 Å². The Morgan fingerprint density at radius 3 is 2.75 bits per heavy atom. The molecule has 1 saturated carbocycles. The van der Waals surface area contributed by atoms with Crippen molar-refractivity contribution in [2.24, 2.45) is 0 Å². The fourth-order valence-electron chi connectivity index (χ4n) is 2.10. The molecule has 1 aliphatic rings. The summed E-state index contributed by atoms with van der Waals surface area (Å²) in [5.74, 6) is 2.75. The van der Waals surface area contributed by atoms with E-state index in [1.54, 1.807) is 17.9 Å². The van der Waals surface area contributed by atoms with E-state index in [1.165, 1.54) is 0 Å². The van der Waals surface area contributed by atoms with E-state index >= 15 is 0 Å². The zero-order valence-corrected chi connectivity index (χ0v) is 11.5. The lowest BCUT2D eigenvalue weighted by molar-refractivity contribution is 0.200. The van der Waals surface area contributed by atoms with Gasteiger partial charge in [-0.25, -0.2) is 4.79 Å². The second kappa shape index (κ2) is 5.03. The van der Waals surface area contributed by atoms with Crippen molar-refractivity contribution >= 4 is 11.8 Å². The Hall–Kier alpha value is -2.24. The van der Waals surface area contributed by atoms with Crippen molar-refractivity contribution in [3.8, 4) is 0 Å². The number of aromatic nitrogens is 1. The molecule has 0 unspecified atom stereocenters. The predicted octanol–water partition coefficient (Wildman–Crippen LogP) is 3.08. The number of nitrogens with zero attached hydrogens (tertiary/aromatic N) is 2. The highest BCUT2D eigenvalue weighted by Gasteiger charge is 2.33. The predicted molar refractivity (Wildman–Crippen MR) is 72.3 cm³/mol. The average molecular weight is 275 g/mol. The number of amides is 2. The van der Waals surface area contributed by atoms with Crippen molar-refractivity contribution in [3.05, 3.63) is 35.5 Å². The summed E-state index contributed by atoms with van der Waals surface area (Å²) in [6.45, 7) is 4.15. The molecule has 0 aromatic carbocycles. The highest BCUT2D eigenvalue weighted by atomic mass is 16.5. The van der Waals surface area contributed by atoms with Crippen LogP contribution >= 0.6 is 0 Å². The molecule has 106 valence electrons. The average Bonchev–Trinajstić information content (AvgIpc) is 3.04. The zero-order valence-electron chi connectivity index (χ0n) is 11.5. The van der Waals surface area contributed by atoms with Gasteiger partial charge >= 0.3 is 6.03 Å². The molecule has 0 saturated heterocycles. The van der Waals surface area contributed by atoms with Gasteiger partial charge in [0.25, 0.3) is 0 Å². The number of anilines is 1. The summed E-state index contributed by atoms with van der Waals surface area (Å²) >= 11 is 0. The Morgan fingerprint density at radius 1 is 1.40 bits per heavy atom. The van der Waals surface area contributed by atoms with Crippen molar-refractivity contribution < 1.29 is 13.7 Å². The molecule has 0 radical (unpaired) electrons.